The standard InChI is InChI=1S/C21H24FN3O4S/c1-16(23-20(26)17-6-3-2-4-7-17)21(27)24-12-5-13-25(15-14-24)30(28,29)19-10-8-18(22)9-11-19/h2-4,6-11,16H,5,12-15H2,1H3,(H,23,26). The van der Waals surface area contributed by atoms with E-state index in [9.17, 15) is 22.4 Å². The van der Waals surface area contributed by atoms with Gasteiger partial charge in [-0.15, -0.1) is 0 Å². The molecule has 1 fully saturated rings. The van der Waals surface area contributed by atoms with Crippen molar-refractivity contribution in [2.75, 3.05) is 26.2 Å². The molecule has 1 atom stereocenters. The summed E-state index contributed by atoms with van der Waals surface area (Å²) in [6, 6.07) is 12.6. The third kappa shape index (κ3) is 5.03. The van der Waals surface area contributed by atoms with Crippen molar-refractivity contribution in [3.05, 3.63) is 66.0 Å². The molecule has 2 amide bonds. The largest absolute Gasteiger partial charge is 0.341 e. The zero-order valence-corrected chi connectivity index (χ0v) is 17.4. The van der Waals surface area contributed by atoms with Gasteiger partial charge in [-0.05, 0) is 49.7 Å². The summed E-state index contributed by atoms with van der Waals surface area (Å²) in [6.07, 6.45) is 0.464. The summed E-state index contributed by atoms with van der Waals surface area (Å²) in [5, 5.41) is 2.69. The molecular formula is C21H24FN3O4S. The van der Waals surface area contributed by atoms with Gasteiger partial charge in [0.05, 0.1) is 4.90 Å². The molecule has 0 aromatic heterocycles. The number of hydrogen-bond acceptors (Lipinski definition) is 4. The molecule has 7 nitrogen and oxygen atoms in total. The first-order valence-electron chi connectivity index (χ1n) is 9.69. The topological polar surface area (TPSA) is 86.8 Å². The van der Waals surface area contributed by atoms with Crippen LogP contribution in [0.4, 0.5) is 4.39 Å². The molecule has 2 aromatic carbocycles. The van der Waals surface area contributed by atoms with Gasteiger partial charge in [0.2, 0.25) is 15.9 Å². The molecule has 30 heavy (non-hydrogen) atoms. The number of carbonyl (C=O) groups is 2. The van der Waals surface area contributed by atoms with E-state index in [1.165, 1.54) is 16.4 Å². The maximum Gasteiger partial charge on any atom is 0.251 e. The minimum Gasteiger partial charge on any atom is -0.341 e. The molecule has 1 N–H and O–H groups in total. The van der Waals surface area contributed by atoms with Crippen LogP contribution < -0.4 is 5.32 Å². The minimum atomic E-state index is -3.77. The Morgan fingerprint density at radius 2 is 1.63 bits per heavy atom. The molecule has 3 rings (SSSR count). The lowest BCUT2D eigenvalue weighted by atomic mass is 10.2. The highest BCUT2D eigenvalue weighted by molar-refractivity contribution is 7.89. The Bertz CT molecular complexity index is 997. The number of nitrogens with one attached hydrogen (secondary N) is 1. The zero-order chi connectivity index (χ0) is 21.7. The molecular weight excluding hydrogens is 409 g/mol. The second-order valence-corrected chi connectivity index (χ2v) is 9.04. The Morgan fingerprint density at radius 3 is 2.30 bits per heavy atom. The Balaban J connectivity index is 1.62. The van der Waals surface area contributed by atoms with Crippen LogP contribution in [-0.2, 0) is 14.8 Å². The molecule has 160 valence electrons. The number of carbonyl (C=O) groups excluding carboxylic acids is 2. The number of sulfonamides is 1. The number of nitrogens with zero attached hydrogens (tertiary/aromatic N) is 2. The van der Waals surface area contributed by atoms with Crippen molar-refractivity contribution in [2.24, 2.45) is 0 Å². The second-order valence-electron chi connectivity index (χ2n) is 7.10. The van der Waals surface area contributed by atoms with Gasteiger partial charge < -0.3 is 10.2 Å². The van der Waals surface area contributed by atoms with Crippen molar-refractivity contribution >= 4 is 21.8 Å². The van der Waals surface area contributed by atoms with Crippen LogP contribution in [0.2, 0.25) is 0 Å². The monoisotopic (exact) mass is 433 g/mol. The molecule has 1 aliphatic rings. The van der Waals surface area contributed by atoms with Crippen molar-refractivity contribution in [3.8, 4) is 0 Å². The number of halogens is 1. The van der Waals surface area contributed by atoms with E-state index in [2.05, 4.69) is 5.32 Å². The van der Waals surface area contributed by atoms with Crippen molar-refractivity contribution < 1.29 is 22.4 Å². The first-order valence-corrected chi connectivity index (χ1v) is 11.1. The molecule has 1 heterocycles. The summed E-state index contributed by atoms with van der Waals surface area (Å²) in [5.74, 6) is -1.11. The third-order valence-electron chi connectivity index (χ3n) is 4.97. The van der Waals surface area contributed by atoms with Crippen molar-refractivity contribution in [3.63, 3.8) is 0 Å². The van der Waals surface area contributed by atoms with Crippen molar-refractivity contribution in [1.82, 2.24) is 14.5 Å². The average Bonchev–Trinajstić information content (AvgIpc) is 3.01. The van der Waals surface area contributed by atoms with Crippen LogP contribution in [0.5, 0.6) is 0 Å². The number of hydrogen-bond donors (Lipinski definition) is 1. The molecule has 0 bridgehead atoms. The van der Waals surface area contributed by atoms with E-state index in [0.717, 1.165) is 12.1 Å². The molecule has 1 unspecified atom stereocenters. The first kappa shape index (κ1) is 21.9. The molecule has 0 aliphatic carbocycles. The smallest absolute Gasteiger partial charge is 0.251 e. The van der Waals surface area contributed by atoms with E-state index in [4.69, 9.17) is 0 Å². The molecule has 0 radical (unpaired) electrons. The van der Waals surface area contributed by atoms with Crippen LogP contribution in [0.3, 0.4) is 0 Å². The van der Waals surface area contributed by atoms with E-state index in [-0.39, 0.29) is 36.3 Å². The normalized spacial score (nSPS) is 16.5. The molecule has 0 spiro atoms. The predicted molar refractivity (Wildman–Crippen MR) is 110 cm³/mol. The van der Waals surface area contributed by atoms with Crippen molar-refractivity contribution in [1.29, 1.82) is 0 Å². The Labute approximate surface area is 175 Å². The summed E-state index contributed by atoms with van der Waals surface area (Å²) in [5.41, 5.74) is 0.463. The molecule has 0 saturated carbocycles. The van der Waals surface area contributed by atoms with Crippen LogP contribution in [0, 0.1) is 5.82 Å². The number of rotatable bonds is 5. The summed E-state index contributed by atoms with van der Waals surface area (Å²) in [6.45, 7) is 2.60. The van der Waals surface area contributed by atoms with Gasteiger partial charge in [-0.3, -0.25) is 9.59 Å². The predicted octanol–water partition coefficient (Wildman–Crippen LogP) is 1.87. The highest BCUT2D eigenvalue weighted by Crippen LogP contribution is 2.18. The van der Waals surface area contributed by atoms with Crippen molar-refractivity contribution in [2.45, 2.75) is 24.3 Å². The summed E-state index contributed by atoms with van der Waals surface area (Å²) in [7, 11) is -3.77. The third-order valence-corrected chi connectivity index (χ3v) is 6.88. The van der Waals surface area contributed by atoms with E-state index in [1.54, 1.807) is 42.2 Å². The van der Waals surface area contributed by atoms with Gasteiger partial charge in [-0.2, -0.15) is 4.31 Å². The minimum absolute atomic E-state index is 0.0205. The maximum absolute atomic E-state index is 13.1. The number of amides is 2. The van der Waals surface area contributed by atoms with Gasteiger partial charge in [0, 0.05) is 31.7 Å². The molecule has 1 saturated heterocycles. The average molecular weight is 434 g/mol. The summed E-state index contributed by atoms with van der Waals surface area (Å²) in [4.78, 5) is 26.6. The Morgan fingerprint density at radius 1 is 0.967 bits per heavy atom. The van der Waals surface area contributed by atoms with Crippen LogP contribution in [-0.4, -0.2) is 61.7 Å². The van der Waals surface area contributed by atoms with Gasteiger partial charge in [-0.1, -0.05) is 18.2 Å². The lowest BCUT2D eigenvalue weighted by Crippen LogP contribution is -2.48. The van der Waals surface area contributed by atoms with E-state index in [0.29, 0.717) is 18.5 Å². The fourth-order valence-corrected chi connectivity index (χ4v) is 4.78. The highest BCUT2D eigenvalue weighted by Gasteiger charge is 2.30. The number of benzene rings is 2. The fraction of sp³-hybridized carbons (Fsp3) is 0.333. The van der Waals surface area contributed by atoms with E-state index in [1.807, 2.05) is 0 Å². The van der Waals surface area contributed by atoms with Crippen LogP contribution in [0.25, 0.3) is 0 Å². The molecule has 2 aromatic rings. The van der Waals surface area contributed by atoms with E-state index < -0.39 is 21.9 Å². The summed E-state index contributed by atoms with van der Waals surface area (Å²) >= 11 is 0. The van der Waals surface area contributed by atoms with Gasteiger partial charge >= 0.3 is 0 Å². The lowest BCUT2D eigenvalue weighted by molar-refractivity contribution is -0.132. The zero-order valence-electron chi connectivity index (χ0n) is 16.6. The SMILES string of the molecule is CC(NC(=O)c1ccccc1)C(=O)N1CCCN(S(=O)(=O)c2ccc(F)cc2)CC1. The van der Waals surface area contributed by atoms with Crippen LogP contribution in [0.1, 0.15) is 23.7 Å². The van der Waals surface area contributed by atoms with Gasteiger partial charge in [0.25, 0.3) is 5.91 Å². The van der Waals surface area contributed by atoms with Crippen LogP contribution in [0.15, 0.2) is 59.5 Å². The highest BCUT2D eigenvalue weighted by atomic mass is 32.2. The molecule has 9 heteroatoms. The second kappa shape index (κ2) is 9.36. The van der Waals surface area contributed by atoms with Gasteiger partial charge in [0.1, 0.15) is 11.9 Å². The lowest BCUT2D eigenvalue weighted by Gasteiger charge is -2.25. The maximum atomic E-state index is 13.1. The Kier molecular flexibility index (Phi) is 6.84. The van der Waals surface area contributed by atoms with Gasteiger partial charge in [0.15, 0.2) is 0 Å². The van der Waals surface area contributed by atoms with E-state index >= 15 is 0 Å². The molecule has 1 aliphatic heterocycles. The Hall–Kier alpha value is -2.78. The fourth-order valence-electron chi connectivity index (χ4n) is 3.32. The van der Waals surface area contributed by atoms with Gasteiger partial charge in [-0.25, -0.2) is 12.8 Å². The summed E-state index contributed by atoms with van der Waals surface area (Å²) < 4.78 is 40.0. The first-order chi connectivity index (χ1) is 14.3. The quantitative estimate of drug-likeness (QED) is 0.780. The van der Waals surface area contributed by atoms with Crippen LogP contribution >= 0.6 is 0 Å².